The molecule has 1 aromatic rings. The van der Waals surface area contributed by atoms with Crippen molar-refractivity contribution < 1.29 is 4.79 Å². The van der Waals surface area contributed by atoms with Crippen molar-refractivity contribution in [1.29, 1.82) is 0 Å². The molecule has 0 heterocycles. The van der Waals surface area contributed by atoms with Gasteiger partial charge in [0.1, 0.15) is 0 Å². The number of urea groups is 1. The van der Waals surface area contributed by atoms with Crippen LogP contribution in [0, 0.1) is 0 Å². The highest BCUT2D eigenvalue weighted by atomic mass is 16.2. The van der Waals surface area contributed by atoms with Crippen molar-refractivity contribution in [2.75, 3.05) is 5.32 Å². The van der Waals surface area contributed by atoms with Gasteiger partial charge in [-0.05, 0) is 37.5 Å². The van der Waals surface area contributed by atoms with Crippen LogP contribution >= 0.6 is 0 Å². The molecule has 104 valence electrons. The molecule has 0 atom stereocenters. The minimum atomic E-state index is -0.120. The highest BCUT2D eigenvalue weighted by molar-refractivity contribution is 5.89. The molecule has 1 aromatic carbocycles. The highest BCUT2D eigenvalue weighted by Crippen LogP contribution is 2.27. The Morgan fingerprint density at radius 1 is 1.21 bits per heavy atom. The van der Waals surface area contributed by atoms with Crippen LogP contribution in [0.3, 0.4) is 0 Å². The number of anilines is 1. The summed E-state index contributed by atoms with van der Waals surface area (Å²) in [6.07, 6.45) is 5.79. The number of hydrogen-bond donors (Lipinski definition) is 3. The lowest BCUT2D eigenvalue weighted by Crippen LogP contribution is -2.48. The molecule has 1 saturated carbocycles. The van der Waals surface area contributed by atoms with Gasteiger partial charge in [-0.2, -0.15) is 0 Å². The third-order valence-electron chi connectivity index (χ3n) is 3.82. The van der Waals surface area contributed by atoms with Crippen LogP contribution in [0.25, 0.3) is 0 Å². The van der Waals surface area contributed by atoms with Crippen molar-refractivity contribution in [2.24, 2.45) is 5.73 Å². The Bertz CT molecular complexity index is 422. The van der Waals surface area contributed by atoms with Gasteiger partial charge in [-0.25, -0.2) is 4.79 Å². The zero-order valence-corrected chi connectivity index (χ0v) is 11.5. The summed E-state index contributed by atoms with van der Waals surface area (Å²) in [6, 6.07) is 7.50. The zero-order chi connectivity index (χ0) is 13.7. The summed E-state index contributed by atoms with van der Waals surface area (Å²) in [4.78, 5) is 12.0. The Hall–Kier alpha value is -1.55. The maximum Gasteiger partial charge on any atom is 0.319 e. The quantitative estimate of drug-likeness (QED) is 0.783. The zero-order valence-electron chi connectivity index (χ0n) is 11.5. The van der Waals surface area contributed by atoms with E-state index >= 15 is 0 Å². The van der Waals surface area contributed by atoms with Crippen molar-refractivity contribution in [3.63, 3.8) is 0 Å². The molecule has 2 amide bonds. The van der Waals surface area contributed by atoms with E-state index in [9.17, 15) is 4.79 Å². The second kappa shape index (κ2) is 6.06. The molecule has 1 aliphatic rings. The maximum absolute atomic E-state index is 12.0. The Balaban J connectivity index is 1.89. The van der Waals surface area contributed by atoms with Gasteiger partial charge in [-0.1, -0.05) is 31.4 Å². The average molecular weight is 261 g/mol. The lowest BCUT2D eigenvalue weighted by Gasteiger charge is -2.34. The molecular formula is C15H23N3O. The predicted molar refractivity (Wildman–Crippen MR) is 78.0 cm³/mol. The van der Waals surface area contributed by atoms with Gasteiger partial charge in [-0.3, -0.25) is 0 Å². The molecule has 1 fully saturated rings. The van der Waals surface area contributed by atoms with Crippen molar-refractivity contribution >= 4 is 11.7 Å². The van der Waals surface area contributed by atoms with Crippen molar-refractivity contribution in [1.82, 2.24) is 5.32 Å². The van der Waals surface area contributed by atoms with E-state index in [0.29, 0.717) is 6.54 Å². The minimum absolute atomic E-state index is 0.0560. The summed E-state index contributed by atoms with van der Waals surface area (Å²) >= 11 is 0. The molecule has 0 spiro atoms. The number of carbonyl (C=O) groups is 1. The maximum atomic E-state index is 12.0. The molecule has 1 aliphatic carbocycles. The SMILES string of the molecule is CC1(NC(=O)Nc2ccc(CN)cc2)CCCCC1. The highest BCUT2D eigenvalue weighted by Gasteiger charge is 2.28. The average Bonchev–Trinajstić information content (AvgIpc) is 2.39. The normalized spacial score (nSPS) is 17.8. The van der Waals surface area contributed by atoms with E-state index in [0.717, 1.165) is 24.1 Å². The minimum Gasteiger partial charge on any atom is -0.333 e. The Morgan fingerprint density at radius 3 is 2.42 bits per heavy atom. The summed E-state index contributed by atoms with van der Waals surface area (Å²) in [7, 11) is 0. The largest absolute Gasteiger partial charge is 0.333 e. The third kappa shape index (κ3) is 3.96. The number of carbonyl (C=O) groups excluding carboxylic acids is 1. The van der Waals surface area contributed by atoms with Gasteiger partial charge in [0.15, 0.2) is 0 Å². The molecule has 0 aromatic heterocycles. The Labute approximate surface area is 114 Å². The second-order valence-corrected chi connectivity index (χ2v) is 5.60. The molecular weight excluding hydrogens is 238 g/mol. The summed E-state index contributed by atoms with van der Waals surface area (Å²) < 4.78 is 0. The summed E-state index contributed by atoms with van der Waals surface area (Å²) in [6.45, 7) is 2.65. The van der Waals surface area contributed by atoms with Crippen LogP contribution < -0.4 is 16.4 Å². The van der Waals surface area contributed by atoms with E-state index < -0.39 is 0 Å². The molecule has 4 N–H and O–H groups in total. The van der Waals surface area contributed by atoms with Crippen molar-refractivity contribution in [2.45, 2.75) is 51.1 Å². The molecule has 0 bridgehead atoms. The first-order chi connectivity index (χ1) is 9.11. The molecule has 0 aliphatic heterocycles. The van der Waals surface area contributed by atoms with E-state index in [-0.39, 0.29) is 11.6 Å². The predicted octanol–water partition coefficient (Wildman–Crippen LogP) is 2.99. The number of nitrogens with one attached hydrogen (secondary N) is 2. The Morgan fingerprint density at radius 2 is 1.84 bits per heavy atom. The number of benzene rings is 1. The van der Waals surface area contributed by atoms with E-state index in [2.05, 4.69) is 17.6 Å². The standard InChI is InChI=1S/C15H23N3O/c1-15(9-3-2-4-10-15)18-14(19)17-13-7-5-12(11-16)6-8-13/h5-8H,2-4,9-11,16H2,1H3,(H2,17,18,19). The van der Waals surface area contributed by atoms with Gasteiger partial charge < -0.3 is 16.4 Å². The van der Waals surface area contributed by atoms with Gasteiger partial charge in [0.2, 0.25) is 0 Å². The first-order valence-corrected chi connectivity index (χ1v) is 6.99. The van der Waals surface area contributed by atoms with Crippen LogP contribution in [0.4, 0.5) is 10.5 Å². The summed E-state index contributed by atoms with van der Waals surface area (Å²) in [5, 5.41) is 5.97. The van der Waals surface area contributed by atoms with Crippen molar-refractivity contribution in [3.05, 3.63) is 29.8 Å². The number of rotatable bonds is 3. The first kappa shape index (κ1) is 13.9. The molecule has 2 rings (SSSR count). The lowest BCUT2D eigenvalue weighted by molar-refractivity contribution is 0.221. The van der Waals surface area contributed by atoms with E-state index in [1.54, 1.807) is 0 Å². The third-order valence-corrected chi connectivity index (χ3v) is 3.82. The van der Waals surface area contributed by atoms with Crippen LogP contribution in [0.5, 0.6) is 0 Å². The van der Waals surface area contributed by atoms with Crippen LogP contribution in [0.15, 0.2) is 24.3 Å². The molecule has 4 heteroatoms. The molecule has 19 heavy (non-hydrogen) atoms. The van der Waals surface area contributed by atoms with Crippen LogP contribution in [0.2, 0.25) is 0 Å². The fraction of sp³-hybridized carbons (Fsp3) is 0.533. The molecule has 0 radical (unpaired) electrons. The molecule has 0 unspecified atom stereocenters. The lowest BCUT2D eigenvalue weighted by atomic mass is 9.83. The van der Waals surface area contributed by atoms with Gasteiger partial charge in [0, 0.05) is 17.8 Å². The van der Waals surface area contributed by atoms with E-state index in [1.807, 2.05) is 24.3 Å². The van der Waals surface area contributed by atoms with E-state index in [4.69, 9.17) is 5.73 Å². The van der Waals surface area contributed by atoms with Crippen molar-refractivity contribution in [3.8, 4) is 0 Å². The smallest absolute Gasteiger partial charge is 0.319 e. The van der Waals surface area contributed by atoms with Gasteiger partial charge in [-0.15, -0.1) is 0 Å². The fourth-order valence-corrected chi connectivity index (χ4v) is 2.62. The van der Waals surface area contributed by atoms with Crippen LogP contribution in [-0.4, -0.2) is 11.6 Å². The van der Waals surface area contributed by atoms with Crippen LogP contribution in [-0.2, 0) is 6.54 Å². The van der Waals surface area contributed by atoms with Gasteiger partial charge in [0.25, 0.3) is 0 Å². The fourth-order valence-electron chi connectivity index (χ4n) is 2.62. The first-order valence-electron chi connectivity index (χ1n) is 6.99. The number of amides is 2. The van der Waals surface area contributed by atoms with E-state index in [1.165, 1.54) is 19.3 Å². The van der Waals surface area contributed by atoms with Gasteiger partial charge in [0.05, 0.1) is 0 Å². The van der Waals surface area contributed by atoms with Gasteiger partial charge >= 0.3 is 6.03 Å². The monoisotopic (exact) mass is 261 g/mol. The number of nitrogens with two attached hydrogens (primary N) is 1. The number of hydrogen-bond acceptors (Lipinski definition) is 2. The Kier molecular flexibility index (Phi) is 4.43. The summed E-state index contributed by atoms with van der Waals surface area (Å²) in [5.41, 5.74) is 7.35. The summed E-state index contributed by atoms with van der Waals surface area (Å²) in [5.74, 6) is 0. The molecule has 4 nitrogen and oxygen atoms in total. The molecule has 0 saturated heterocycles. The van der Waals surface area contributed by atoms with Crippen LogP contribution in [0.1, 0.15) is 44.6 Å². The second-order valence-electron chi connectivity index (χ2n) is 5.60. The topological polar surface area (TPSA) is 67.2 Å².